The van der Waals surface area contributed by atoms with Gasteiger partial charge in [0.15, 0.2) is 0 Å². The van der Waals surface area contributed by atoms with Crippen LogP contribution < -0.4 is 5.32 Å². The second kappa shape index (κ2) is 8.86. The summed E-state index contributed by atoms with van der Waals surface area (Å²) in [5.74, 6) is 0. The smallest absolute Gasteiger partial charge is 0.211 e. The van der Waals surface area contributed by atoms with Crippen molar-refractivity contribution in [3.63, 3.8) is 0 Å². The Morgan fingerprint density at radius 2 is 1.89 bits per heavy atom. The molecule has 1 heterocycles. The lowest BCUT2D eigenvalue weighted by molar-refractivity contribution is 0.0690. The van der Waals surface area contributed by atoms with Gasteiger partial charge in [-0.1, -0.05) is 0 Å². The molecule has 1 fully saturated rings. The van der Waals surface area contributed by atoms with Crippen molar-refractivity contribution in [2.75, 3.05) is 52.8 Å². The van der Waals surface area contributed by atoms with E-state index in [4.69, 9.17) is 9.47 Å². The summed E-state index contributed by atoms with van der Waals surface area (Å²) in [6.07, 6.45) is 4.02. The predicted molar refractivity (Wildman–Crippen MR) is 74.8 cm³/mol. The van der Waals surface area contributed by atoms with E-state index < -0.39 is 10.0 Å². The van der Waals surface area contributed by atoms with Gasteiger partial charge in [0.25, 0.3) is 0 Å². The lowest BCUT2D eigenvalue weighted by atomic mass is 10.1. The number of hydrogen-bond donors (Lipinski definition) is 1. The molecule has 19 heavy (non-hydrogen) atoms. The second-order valence-corrected chi connectivity index (χ2v) is 6.83. The van der Waals surface area contributed by atoms with E-state index in [9.17, 15) is 8.42 Å². The van der Waals surface area contributed by atoms with Crippen LogP contribution in [0.15, 0.2) is 0 Å². The minimum absolute atomic E-state index is 0.428. The fraction of sp³-hybridized carbons (Fsp3) is 1.00. The first-order valence-electron chi connectivity index (χ1n) is 6.79. The number of rotatable bonds is 9. The number of ether oxygens (including phenoxy) is 2. The molecular formula is C12H26N2O4S. The number of methoxy groups -OCH3 is 1. The summed E-state index contributed by atoms with van der Waals surface area (Å²) in [5.41, 5.74) is 0. The van der Waals surface area contributed by atoms with Crippen molar-refractivity contribution < 1.29 is 17.9 Å². The Kier molecular flexibility index (Phi) is 7.86. The first kappa shape index (κ1) is 16.8. The molecule has 1 aliphatic rings. The van der Waals surface area contributed by atoms with Crippen LogP contribution in [0.2, 0.25) is 0 Å². The number of sulfonamides is 1. The molecule has 0 saturated carbocycles. The van der Waals surface area contributed by atoms with E-state index in [1.165, 1.54) is 6.26 Å². The SMILES string of the molecule is COCCOCCCNC1CCN(S(C)(=O)=O)CC1. The van der Waals surface area contributed by atoms with Crippen LogP contribution in [0.1, 0.15) is 19.3 Å². The van der Waals surface area contributed by atoms with Crippen LogP contribution in [-0.2, 0) is 19.5 Å². The van der Waals surface area contributed by atoms with Gasteiger partial charge >= 0.3 is 0 Å². The second-order valence-electron chi connectivity index (χ2n) is 4.85. The highest BCUT2D eigenvalue weighted by molar-refractivity contribution is 7.88. The molecule has 0 radical (unpaired) electrons. The molecule has 0 bridgehead atoms. The number of nitrogens with one attached hydrogen (secondary N) is 1. The van der Waals surface area contributed by atoms with E-state index in [0.717, 1.165) is 32.4 Å². The Bertz CT molecular complexity index is 327. The molecule has 0 aromatic carbocycles. The molecule has 0 unspecified atom stereocenters. The van der Waals surface area contributed by atoms with E-state index >= 15 is 0 Å². The highest BCUT2D eigenvalue weighted by Gasteiger charge is 2.24. The molecule has 1 rings (SSSR count). The molecule has 1 aliphatic heterocycles. The molecule has 0 amide bonds. The maximum Gasteiger partial charge on any atom is 0.211 e. The van der Waals surface area contributed by atoms with Gasteiger partial charge in [0, 0.05) is 32.8 Å². The van der Waals surface area contributed by atoms with E-state index in [1.807, 2.05) is 0 Å². The lowest BCUT2D eigenvalue weighted by Crippen LogP contribution is -2.44. The molecule has 0 aromatic heterocycles. The third-order valence-electron chi connectivity index (χ3n) is 3.25. The minimum Gasteiger partial charge on any atom is -0.382 e. The highest BCUT2D eigenvalue weighted by Crippen LogP contribution is 2.12. The van der Waals surface area contributed by atoms with Crippen LogP contribution in [0.3, 0.4) is 0 Å². The summed E-state index contributed by atoms with van der Waals surface area (Å²) in [4.78, 5) is 0. The zero-order valence-corrected chi connectivity index (χ0v) is 12.7. The van der Waals surface area contributed by atoms with E-state index in [2.05, 4.69) is 5.32 Å². The van der Waals surface area contributed by atoms with Gasteiger partial charge in [-0.2, -0.15) is 0 Å². The van der Waals surface area contributed by atoms with Crippen molar-refractivity contribution in [3.05, 3.63) is 0 Å². The Labute approximate surface area is 116 Å². The van der Waals surface area contributed by atoms with Gasteiger partial charge in [-0.15, -0.1) is 0 Å². The first-order chi connectivity index (χ1) is 9.04. The number of hydrogen-bond acceptors (Lipinski definition) is 5. The Hall–Kier alpha value is -0.210. The summed E-state index contributed by atoms with van der Waals surface area (Å²) in [6.45, 7) is 4.18. The van der Waals surface area contributed by atoms with Gasteiger partial charge in [-0.05, 0) is 25.8 Å². The maximum absolute atomic E-state index is 11.4. The summed E-state index contributed by atoms with van der Waals surface area (Å²) < 4.78 is 34.5. The van der Waals surface area contributed by atoms with Gasteiger partial charge < -0.3 is 14.8 Å². The molecule has 114 valence electrons. The van der Waals surface area contributed by atoms with Gasteiger partial charge in [-0.25, -0.2) is 12.7 Å². The van der Waals surface area contributed by atoms with Crippen LogP contribution in [0, 0.1) is 0 Å². The van der Waals surface area contributed by atoms with E-state index in [-0.39, 0.29) is 0 Å². The fourth-order valence-corrected chi connectivity index (χ4v) is 2.99. The highest BCUT2D eigenvalue weighted by atomic mass is 32.2. The van der Waals surface area contributed by atoms with Crippen LogP contribution in [0.25, 0.3) is 0 Å². The Balaban J connectivity index is 2.01. The zero-order valence-electron chi connectivity index (χ0n) is 11.9. The van der Waals surface area contributed by atoms with Crippen molar-refractivity contribution in [1.29, 1.82) is 0 Å². The monoisotopic (exact) mass is 294 g/mol. The van der Waals surface area contributed by atoms with Crippen molar-refractivity contribution in [2.24, 2.45) is 0 Å². The zero-order chi connectivity index (χ0) is 14.1. The molecule has 1 N–H and O–H groups in total. The van der Waals surface area contributed by atoms with Gasteiger partial charge in [-0.3, -0.25) is 0 Å². The largest absolute Gasteiger partial charge is 0.382 e. The fourth-order valence-electron chi connectivity index (χ4n) is 2.12. The average Bonchev–Trinajstić information content (AvgIpc) is 2.37. The molecular weight excluding hydrogens is 268 g/mol. The summed E-state index contributed by atoms with van der Waals surface area (Å²) >= 11 is 0. The number of nitrogens with zero attached hydrogens (tertiary/aromatic N) is 1. The minimum atomic E-state index is -3.01. The Morgan fingerprint density at radius 1 is 1.21 bits per heavy atom. The van der Waals surface area contributed by atoms with Crippen molar-refractivity contribution >= 4 is 10.0 Å². The van der Waals surface area contributed by atoms with Crippen molar-refractivity contribution in [1.82, 2.24) is 9.62 Å². The molecule has 1 saturated heterocycles. The average molecular weight is 294 g/mol. The van der Waals surface area contributed by atoms with Gasteiger partial charge in [0.2, 0.25) is 10.0 Å². The first-order valence-corrected chi connectivity index (χ1v) is 8.64. The van der Waals surface area contributed by atoms with E-state index in [1.54, 1.807) is 11.4 Å². The van der Waals surface area contributed by atoms with Gasteiger partial charge in [0.1, 0.15) is 0 Å². The van der Waals surface area contributed by atoms with E-state index in [0.29, 0.717) is 32.3 Å². The predicted octanol–water partition coefficient (Wildman–Crippen LogP) is 0.0531. The topological polar surface area (TPSA) is 67.9 Å². The normalized spacial score (nSPS) is 18.8. The quantitative estimate of drug-likeness (QED) is 0.609. The standard InChI is InChI=1S/C12H26N2O4S/c1-17-10-11-18-9-3-6-13-12-4-7-14(8-5-12)19(2,15)16/h12-13H,3-11H2,1-2H3. The van der Waals surface area contributed by atoms with Crippen LogP contribution >= 0.6 is 0 Å². The molecule has 0 spiro atoms. The molecule has 6 nitrogen and oxygen atoms in total. The number of piperidine rings is 1. The summed E-state index contributed by atoms with van der Waals surface area (Å²) in [7, 11) is -1.35. The summed E-state index contributed by atoms with van der Waals surface area (Å²) in [6, 6.07) is 0.428. The summed E-state index contributed by atoms with van der Waals surface area (Å²) in [5, 5.41) is 3.45. The molecule has 7 heteroatoms. The van der Waals surface area contributed by atoms with Crippen LogP contribution in [0.4, 0.5) is 0 Å². The van der Waals surface area contributed by atoms with Gasteiger partial charge in [0.05, 0.1) is 19.5 Å². The third kappa shape index (κ3) is 7.22. The molecule has 0 atom stereocenters. The van der Waals surface area contributed by atoms with Crippen LogP contribution in [0.5, 0.6) is 0 Å². The van der Waals surface area contributed by atoms with Crippen molar-refractivity contribution in [2.45, 2.75) is 25.3 Å². The third-order valence-corrected chi connectivity index (χ3v) is 4.56. The lowest BCUT2D eigenvalue weighted by Gasteiger charge is -2.30. The van der Waals surface area contributed by atoms with Crippen LogP contribution in [-0.4, -0.2) is 71.6 Å². The Morgan fingerprint density at radius 3 is 2.47 bits per heavy atom. The molecule has 0 aromatic rings. The van der Waals surface area contributed by atoms with Crippen molar-refractivity contribution in [3.8, 4) is 0 Å². The maximum atomic E-state index is 11.4. The molecule has 0 aliphatic carbocycles.